The predicted molar refractivity (Wildman–Crippen MR) is 46.7 cm³/mol. The standard InChI is InChI=1S/C10H12O2/c1-2-9-3-5-10(6-4-9)7-12-8-11/h3-6,8H,2,7H2,1H3/i8D. The third-order valence-electron chi connectivity index (χ3n) is 1.73. The molecule has 0 aromatic heterocycles. The van der Waals surface area contributed by atoms with Crippen LogP contribution in [0.1, 0.15) is 19.4 Å². The lowest BCUT2D eigenvalue weighted by Crippen LogP contribution is -1.90. The molecule has 1 aromatic carbocycles. The Morgan fingerprint density at radius 1 is 1.42 bits per heavy atom. The Bertz CT molecular complexity index is 279. The molecule has 0 aliphatic carbocycles. The van der Waals surface area contributed by atoms with Crippen molar-refractivity contribution in [3.05, 3.63) is 35.4 Å². The molecule has 0 aliphatic rings. The highest BCUT2D eigenvalue weighted by Gasteiger charge is 1.92. The second-order valence-electron chi connectivity index (χ2n) is 2.54. The van der Waals surface area contributed by atoms with Crippen LogP contribution in [0, 0.1) is 0 Å². The average Bonchev–Trinajstić information content (AvgIpc) is 2.15. The molecular weight excluding hydrogens is 152 g/mol. The third-order valence-corrected chi connectivity index (χ3v) is 1.73. The van der Waals surface area contributed by atoms with Crippen LogP contribution in [-0.2, 0) is 22.6 Å². The highest BCUT2D eigenvalue weighted by molar-refractivity contribution is 5.37. The van der Waals surface area contributed by atoms with Crippen LogP contribution in [-0.4, -0.2) is 6.45 Å². The molecule has 0 heterocycles. The number of carbonyl (C=O) groups is 1. The summed E-state index contributed by atoms with van der Waals surface area (Å²) in [6, 6.07) is 7.80. The van der Waals surface area contributed by atoms with Crippen molar-refractivity contribution >= 4 is 6.45 Å². The van der Waals surface area contributed by atoms with Gasteiger partial charge in [0.1, 0.15) is 6.61 Å². The van der Waals surface area contributed by atoms with Crippen molar-refractivity contribution in [3.8, 4) is 0 Å². The number of hydrogen-bond donors (Lipinski definition) is 0. The Labute approximate surface area is 73.6 Å². The molecule has 0 amide bonds. The molecule has 0 spiro atoms. The molecule has 12 heavy (non-hydrogen) atoms. The normalized spacial score (nSPS) is 10.6. The van der Waals surface area contributed by atoms with E-state index < -0.39 is 6.45 Å². The second kappa shape index (κ2) is 4.54. The average molecular weight is 165 g/mol. The summed E-state index contributed by atoms with van der Waals surface area (Å²) < 4.78 is 11.1. The summed E-state index contributed by atoms with van der Waals surface area (Å²) in [5, 5.41) is 0. The van der Waals surface area contributed by atoms with Gasteiger partial charge < -0.3 is 4.74 Å². The Balaban J connectivity index is 2.54. The zero-order valence-electron chi connectivity index (χ0n) is 8.04. The molecule has 0 unspecified atom stereocenters. The van der Waals surface area contributed by atoms with Crippen molar-refractivity contribution in [3.63, 3.8) is 0 Å². The van der Waals surface area contributed by atoms with Crippen LogP contribution in [0.3, 0.4) is 0 Å². The first-order valence-corrected chi connectivity index (χ1v) is 3.93. The topological polar surface area (TPSA) is 26.3 Å². The van der Waals surface area contributed by atoms with E-state index in [2.05, 4.69) is 11.7 Å². The smallest absolute Gasteiger partial charge is 0.293 e. The lowest BCUT2D eigenvalue weighted by atomic mass is 10.1. The van der Waals surface area contributed by atoms with Gasteiger partial charge in [-0.25, -0.2) is 0 Å². The molecule has 0 fully saturated rings. The minimum Gasteiger partial charge on any atom is -0.463 e. The lowest BCUT2D eigenvalue weighted by Gasteiger charge is -2.00. The molecule has 1 aromatic rings. The number of carbonyl (C=O) groups excluding carboxylic acids is 1. The van der Waals surface area contributed by atoms with E-state index in [-0.39, 0.29) is 6.61 Å². The Morgan fingerprint density at radius 3 is 2.50 bits per heavy atom. The zero-order valence-corrected chi connectivity index (χ0v) is 7.04. The van der Waals surface area contributed by atoms with Crippen molar-refractivity contribution in [2.75, 3.05) is 0 Å². The van der Waals surface area contributed by atoms with Crippen molar-refractivity contribution in [2.45, 2.75) is 20.0 Å². The third kappa shape index (κ3) is 2.38. The summed E-state index contributed by atoms with van der Waals surface area (Å²) in [7, 11) is 0. The van der Waals surface area contributed by atoms with E-state index in [0.717, 1.165) is 12.0 Å². The van der Waals surface area contributed by atoms with Gasteiger partial charge in [-0.15, -0.1) is 0 Å². The minimum absolute atomic E-state index is 0.187. The molecule has 64 valence electrons. The molecule has 2 heteroatoms. The maximum atomic E-state index is 10.2. The molecular formula is C10H12O2. The first-order chi connectivity index (χ1) is 6.22. The molecule has 0 saturated heterocycles. The van der Waals surface area contributed by atoms with Gasteiger partial charge in [0.15, 0.2) is 1.37 Å². The van der Waals surface area contributed by atoms with Crippen molar-refractivity contribution < 1.29 is 10.9 Å². The highest BCUT2D eigenvalue weighted by Crippen LogP contribution is 2.05. The van der Waals surface area contributed by atoms with Gasteiger partial charge in [-0.05, 0) is 17.5 Å². The highest BCUT2D eigenvalue weighted by atomic mass is 16.5. The summed E-state index contributed by atoms with van der Waals surface area (Å²) >= 11 is 0. The van der Waals surface area contributed by atoms with Gasteiger partial charge in [-0.1, -0.05) is 31.2 Å². The minimum atomic E-state index is -0.987. The van der Waals surface area contributed by atoms with Crippen LogP contribution in [0.4, 0.5) is 0 Å². The second-order valence-corrected chi connectivity index (χ2v) is 2.54. The van der Waals surface area contributed by atoms with E-state index in [1.165, 1.54) is 5.56 Å². The molecule has 1 rings (SSSR count). The first-order valence-electron chi connectivity index (χ1n) is 4.43. The van der Waals surface area contributed by atoms with E-state index in [1.807, 2.05) is 24.3 Å². The summed E-state index contributed by atoms with van der Waals surface area (Å²) in [6.07, 6.45) is 0.0120. The fourth-order valence-electron chi connectivity index (χ4n) is 0.984. The van der Waals surface area contributed by atoms with Crippen molar-refractivity contribution in [1.82, 2.24) is 0 Å². The molecule has 0 bridgehead atoms. The monoisotopic (exact) mass is 165 g/mol. The Kier molecular flexibility index (Phi) is 2.78. The SMILES string of the molecule is [2H]C(=O)OCc1ccc(CC)cc1. The molecule has 0 saturated carbocycles. The van der Waals surface area contributed by atoms with Crippen LogP contribution >= 0.6 is 0 Å². The predicted octanol–water partition coefficient (Wildman–Crippen LogP) is 1.92. The number of ether oxygens (including phenoxy) is 1. The lowest BCUT2D eigenvalue weighted by molar-refractivity contribution is -0.129. The van der Waals surface area contributed by atoms with Crippen LogP contribution in [0.15, 0.2) is 24.3 Å². The quantitative estimate of drug-likeness (QED) is 0.639. The van der Waals surface area contributed by atoms with E-state index in [0.29, 0.717) is 0 Å². The largest absolute Gasteiger partial charge is 0.463 e. The van der Waals surface area contributed by atoms with Gasteiger partial charge in [0, 0.05) is 0 Å². The Hall–Kier alpha value is -1.31. The molecule has 0 radical (unpaired) electrons. The number of aryl methyl sites for hydroxylation is 1. The van der Waals surface area contributed by atoms with E-state index in [1.54, 1.807) is 0 Å². The molecule has 2 nitrogen and oxygen atoms in total. The summed E-state index contributed by atoms with van der Waals surface area (Å²) in [4.78, 5) is 10.2. The number of hydrogen-bond acceptors (Lipinski definition) is 2. The summed E-state index contributed by atoms with van der Waals surface area (Å²) in [5.41, 5.74) is 2.17. The van der Waals surface area contributed by atoms with E-state index in [4.69, 9.17) is 1.37 Å². The van der Waals surface area contributed by atoms with Crippen LogP contribution in [0.25, 0.3) is 0 Å². The van der Waals surface area contributed by atoms with Gasteiger partial charge in [0.2, 0.25) is 0 Å². The van der Waals surface area contributed by atoms with Gasteiger partial charge in [-0.3, -0.25) is 4.79 Å². The summed E-state index contributed by atoms with van der Waals surface area (Å²) in [6.45, 7) is 2.27. The molecule has 0 N–H and O–H groups in total. The van der Waals surface area contributed by atoms with Gasteiger partial charge in [0.05, 0.1) is 0 Å². The fraction of sp³-hybridized carbons (Fsp3) is 0.300. The van der Waals surface area contributed by atoms with Crippen LogP contribution < -0.4 is 0 Å². The molecule has 0 atom stereocenters. The first kappa shape index (κ1) is 7.35. The van der Waals surface area contributed by atoms with E-state index in [9.17, 15) is 4.79 Å². The van der Waals surface area contributed by atoms with Gasteiger partial charge in [-0.2, -0.15) is 0 Å². The van der Waals surface area contributed by atoms with Crippen molar-refractivity contribution in [2.24, 2.45) is 0 Å². The van der Waals surface area contributed by atoms with Gasteiger partial charge in [0.25, 0.3) is 6.45 Å². The van der Waals surface area contributed by atoms with E-state index >= 15 is 0 Å². The van der Waals surface area contributed by atoms with Crippen LogP contribution in [0.2, 0.25) is 0 Å². The van der Waals surface area contributed by atoms with Gasteiger partial charge >= 0.3 is 0 Å². The maximum Gasteiger partial charge on any atom is 0.293 e. The summed E-state index contributed by atoms with van der Waals surface area (Å²) in [5.74, 6) is 0. The number of rotatable bonds is 3. The Morgan fingerprint density at radius 2 is 2.00 bits per heavy atom. The zero-order chi connectivity index (χ0) is 9.68. The molecule has 0 aliphatic heterocycles. The fourth-order valence-corrected chi connectivity index (χ4v) is 0.984. The maximum absolute atomic E-state index is 10.2. The van der Waals surface area contributed by atoms with Crippen molar-refractivity contribution in [1.29, 1.82) is 0 Å². The van der Waals surface area contributed by atoms with Crippen LogP contribution in [0.5, 0.6) is 0 Å². The number of benzene rings is 1.